The van der Waals surface area contributed by atoms with Crippen LogP contribution in [0.15, 0.2) is 83.5 Å². The van der Waals surface area contributed by atoms with Crippen molar-refractivity contribution in [3.63, 3.8) is 0 Å². The molecule has 30 heavy (non-hydrogen) atoms. The number of anilines is 1. The minimum atomic E-state index is -0.249. The maximum atomic E-state index is 13.4. The molecule has 5 nitrogen and oxygen atoms in total. The van der Waals surface area contributed by atoms with Gasteiger partial charge >= 0.3 is 0 Å². The van der Waals surface area contributed by atoms with E-state index in [1.54, 1.807) is 43.4 Å². The second-order valence-corrected chi connectivity index (χ2v) is 6.93. The van der Waals surface area contributed by atoms with Gasteiger partial charge in [0.25, 0.3) is 5.91 Å². The number of carbonyl (C=O) groups is 1. The number of rotatable bonds is 5. The second-order valence-electron chi connectivity index (χ2n) is 6.53. The van der Waals surface area contributed by atoms with Crippen molar-refractivity contribution in [2.24, 2.45) is 4.99 Å². The molecule has 3 aromatic rings. The topological polar surface area (TPSA) is 51.1 Å². The van der Waals surface area contributed by atoms with Crippen LogP contribution in [0.1, 0.15) is 11.1 Å². The number of hydrogen-bond donors (Lipinski definition) is 0. The van der Waals surface area contributed by atoms with Crippen LogP contribution in [0.25, 0.3) is 6.08 Å². The fraction of sp³-hybridized carbons (Fsp3) is 0.0833. The molecule has 0 atom stereocenters. The van der Waals surface area contributed by atoms with Crippen molar-refractivity contribution in [1.82, 2.24) is 0 Å². The molecule has 1 amide bonds. The quantitative estimate of drug-likeness (QED) is 0.535. The van der Waals surface area contributed by atoms with Crippen LogP contribution in [0.3, 0.4) is 0 Å². The van der Waals surface area contributed by atoms with Crippen LogP contribution in [0, 0.1) is 0 Å². The molecule has 0 unspecified atom stereocenters. The molecule has 0 saturated heterocycles. The van der Waals surface area contributed by atoms with Gasteiger partial charge in [0.2, 0.25) is 0 Å². The van der Waals surface area contributed by atoms with Crippen LogP contribution in [-0.2, 0) is 4.79 Å². The van der Waals surface area contributed by atoms with E-state index in [4.69, 9.17) is 21.1 Å². The molecule has 0 aromatic heterocycles. The van der Waals surface area contributed by atoms with Gasteiger partial charge in [-0.05, 0) is 48.5 Å². The Balaban J connectivity index is 1.85. The van der Waals surface area contributed by atoms with Gasteiger partial charge in [0.05, 0.1) is 24.9 Å². The molecule has 0 saturated carbocycles. The molecule has 0 bridgehead atoms. The van der Waals surface area contributed by atoms with Gasteiger partial charge in [-0.1, -0.05) is 41.9 Å². The Labute approximate surface area is 179 Å². The molecule has 1 aliphatic rings. The molecule has 0 spiro atoms. The number of amides is 1. The molecule has 0 aliphatic carbocycles. The first kappa shape index (κ1) is 19.7. The van der Waals surface area contributed by atoms with Gasteiger partial charge in [-0.2, -0.15) is 0 Å². The standard InChI is InChI=1S/C24H19ClN2O3/c1-29-18-13-11-17(12-14-18)27-23(19-8-4-5-9-20(19)25)26-21(24(27)28)15-16-7-3-6-10-22(16)30-2/h3-15H,1-2H3/b21-15+. The first-order valence-electron chi connectivity index (χ1n) is 9.29. The Bertz CT molecular complexity index is 1150. The molecular weight excluding hydrogens is 400 g/mol. The molecule has 1 aliphatic heterocycles. The second kappa shape index (κ2) is 8.43. The average molecular weight is 419 g/mol. The lowest BCUT2D eigenvalue weighted by molar-refractivity contribution is -0.113. The summed E-state index contributed by atoms with van der Waals surface area (Å²) in [5, 5.41) is 0.515. The predicted octanol–water partition coefficient (Wildman–Crippen LogP) is 5.19. The molecule has 3 aromatic carbocycles. The molecule has 1 heterocycles. The molecule has 150 valence electrons. The number of methoxy groups -OCH3 is 2. The number of ether oxygens (including phenoxy) is 2. The normalized spacial score (nSPS) is 14.8. The third kappa shape index (κ3) is 3.67. The molecule has 0 fully saturated rings. The number of para-hydroxylation sites is 1. The number of hydrogen-bond acceptors (Lipinski definition) is 4. The van der Waals surface area contributed by atoms with Crippen molar-refractivity contribution in [3.8, 4) is 11.5 Å². The van der Waals surface area contributed by atoms with E-state index in [-0.39, 0.29) is 5.91 Å². The van der Waals surface area contributed by atoms with Crippen LogP contribution in [0.5, 0.6) is 11.5 Å². The van der Waals surface area contributed by atoms with E-state index in [2.05, 4.69) is 4.99 Å². The Kier molecular flexibility index (Phi) is 5.55. The van der Waals surface area contributed by atoms with Gasteiger partial charge in [-0.3, -0.25) is 9.69 Å². The summed E-state index contributed by atoms with van der Waals surface area (Å²) in [6.07, 6.45) is 1.72. The van der Waals surface area contributed by atoms with Gasteiger partial charge in [0.1, 0.15) is 23.0 Å². The molecular formula is C24H19ClN2O3. The van der Waals surface area contributed by atoms with Crippen molar-refractivity contribution in [2.75, 3.05) is 19.1 Å². The zero-order chi connectivity index (χ0) is 21.1. The van der Waals surface area contributed by atoms with Crippen LogP contribution < -0.4 is 14.4 Å². The third-order valence-corrected chi connectivity index (χ3v) is 5.07. The maximum absolute atomic E-state index is 13.4. The minimum Gasteiger partial charge on any atom is -0.497 e. The van der Waals surface area contributed by atoms with E-state index in [9.17, 15) is 4.79 Å². The summed E-state index contributed by atoms with van der Waals surface area (Å²) in [6, 6.07) is 22.0. The highest BCUT2D eigenvalue weighted by Crippen LogP contribution is 2.32. The van der Waals surface area contributed by atoms with Crippen LogP contribution >= 0.6 is 11.6 Å². The van der Waals surface area contributed by atoms with Crippen LogP contribution in [0.4, 0.5) is 5.69 Å². The van der Waals surface area contributed by atoms with E-state index >= 15 is 0 Å². The Morgan fingerprint density at radius 2 is 1.60 bits per heavy atom. The number of benzene rings is 3. The Morgan fingerprint density at radius 1 is 0.900 bits per heavy atom. The van der Waals surface area contributed by atoms with Gasteiger partial charge in [0.15, 0.2) is 0 Å². The first-order chi connectivity index (χ1) is 14.6. The molecule has 4 rings (SSSR count). The Hall–Kier alpha value is -3.57. The van der Waals surface area contributed by atoms with E-state index in [0.29, 0.717) is 39.3 Å². The van der Waals surface area contributed by atoms with E-state index in [0.717, 1.165) is 5.56 Å². The fourth-order valence-corrected chi connectivity index (χ4v) is 3.46. The van der Waals surface area contributed by atoms with Gasteiger partial charge < -0.3 is 9.47 Å². The van der Waals surface area contributed by atoms with Crippen molar-refractivity contribution >= 4 is 35.1 Å². The Morgan fingerprint density at radius 3 is 2.30 bits per heavy atom. The summed E-state index contributed by atoms with van der Waals surface area (Å²) in [4.78, 5) is 19.6. The third-order valence-electron chi connectivity index (χ3n) is 4.74. The highest BCUT2D eigenvalue weighted by molar-refractivity contribution is 6.39. The lowest BCUT2D eigenvalue weighted by atomic mass is 10.1. The SMILES string of the molecule is COc1ccc(N2C(=O)/C(=C\c3ccccc3OC)N=C2c2ccccc2Cl)cc1. The van der Waals surface area contributed by atoms with Crippen LogP contribution in [0.2, 0.25) is 5.02 Å². The van der Waals surface area contributed by atoms with E-state index in [1.165, 1.54) is 0 Å². The van der Waals surface area contributed by atoms with Crippen molar-refractivity contribution in [2.45, 2.75) is 0 Å². The summed E-state index contributed by atoms with van der Waals surface area (Å²) >= 11 is 6.43. The molecule has 6 heteroatoms. The predicted molar refractivity (Wildman–Crippen MR) is 119 cm³/mol. The smallest absolute Gasteiger partial charge is 0.282 e. The largest absolute Gasteiger partial charge is 0.497 e. The summed E-state index contributed by atoms with van der Waals surface area (Å²) in [6.45, 7) is 0. The van der Waals surface area contributed by atoms with E-state index < -0.39 is 0 Å². The number of aliphatic imine (C=N–C) groups is 1. The number of carbonyl (C=O) groups excluding carboxylic acids is 1. The minimum absolute atomic E-state index is 0.249. The lowest BCUT2D eigenvalue weighted by Crippen LogP contribution is -2.32. The van der Waals surface area contributed by atoms with Gasteiger partial charge in [0, 0.05) is 11.1 Å². The summed E-state index contributed by atoms with van der Waals surface area (Å²) in [5.74, 6) is 1.58. The van der Waals surface area contributed by atoms with E-state index in [1.807, 2.05) is 54.6 Å². The fourth-order valence-electron chi connectivity index (χ4n) is 3.24. The summed E-state index contributed by atoms with van der Waals surface area (Å²) in [5.41, 5.74) is 2.40. The van der Waals surface area contributed by atoms with Crippen molar-refractivity contribution in [3.05, 3.63) is 94.6 Å². The lowest BCUT2D eigenvalue weighted by Gasteiger charge is -2.19. The number of amidine groups is 1. The summed E-state index contributed by atoms with van der Waals surface area (Å²) in [7, 11) is 3.19. The number of nitrogens with zero attached hydrogens (tertiary/aromatic N) is 2. The average Bonchev–Trinajstić information content (AvgIpc) is 3.10. The van der Waals surface area contributed by atoms with Gasteiger partial charge in [-0.25, -0.2) is 4.99 Å². The zero-order valence-corrected chi connectivity index (χ0v) is 17.3. The highest BCUT2D eigenvalue weighted by Gasteiger charge is 2.33. The molecule has 0 N–H and O–H groups in total. The highest BCUT2D eigenvalue weighted by atomic mass is 35.5. The van der Waals surface area contributed by atoms with Gasteiger partial charge in [-0.15, -0.1) is 0 Å². The molecule has 0 radical (unpaired) electrons. The first-order valence-corrected chi connectivity index (χ1v) is 9.67. The van der Waals surface area contributed by atoms with Crippen molar-refractivity contribution < 1.29 is 14.3 Å². The summed E-state index contributed by atoms with van der Waals surface area (Å²) < 4.78 is 10.6. The monoisotopic (exact) mass is 418 g/mol. The number of halogens is 1. The van der Waals surface area contributed by atoms with Crippen LogP contribution in [-0.4, -0.2) is 26.0 Å². The maximum Gasteiger partial charge on any atom is 0.282 e. The van der Waals surface area contributed by atoms with Crippen molar-refractivity contribution in [1.29, 1.82) is 0 Å². The zero-order valence-electron chi connectivity index (χ0n) is 16.5.